The number of nitrogens with one attached hydrogen (secondary N) is 1. The summed E-state index contributed by atoms with van der Waals surface area (Å²) in [4.78, 5) is 12.1. The maximum absolute atomic E-state index is 13.6. The van der Waals surface area contributed by atoms with Gasteiger partial charge in [-0.25, -0.2) is 8.78 Å². The third kappa shape index (κ3) is 3.61. The fraction of sp³-hybridized carbons (Fsp3) is 0.188. The van der Waals surface area contributed by atoms with Crippen molar-refractivity contribution in [2.75, 3.05) is 18.5 Å². The van der Waals surface area contributed by atoms with Crippen molar-refractivity contribution in [2.45, 2.75) is 6.42 Å². The number of amides is 1. The number of benzene rings is 2. The highest BCUT2D eigenvalue weighted by Gasteiger charge is 2.17. The number of carbonyl (C=O) groups is 1. The Morgan fingerprint density at radius 1 is 1.13 bits per heavy atom. The molecule has 1 heterocycles. The molecular formula is C16H12BrF2NO3. The van der Waals surface area contributed by atoms with Gasteiger partial charge in [-0.3, -0.25) is 4.79 Å². The number of anilines is 1. The molecule has 3 rings (SSSR count). The van der Waals surface area contributed by atoms with E-state index in [0.717, 1.165) is 12.1 Å². The van der Waals surface area contributed by atoms with Crippen LogP contribution in [0.15, 0.2) is 34.8 Å². The lowest BCUT2D eigenvalue weighted by atomic mass is 10.1. The van der Waals surface area contributed by atoms with Crippen molar-refractivity contribution in [1.82, 2.24) is 0 Å². The van der Waals surface area contributed by atoms with Crippen LogP contribution in [0.5, 0.6) is 11.5 Å². The van der Waals surface area contributed by atoms with Gasteiger partial charge in [0, 0.05) is 10.5 Å². The Morgan fingerprint density at radius 2 is 1.83 bits per heavy atom. The van der Waals surface area contributed by atoms with E-state index in [4.69, 9.17) is 9.47 Å². The predicted octanol–water partition coefficient (Wildman–Crippen LogP) is 3.68. The van der Waals surface area contributed by atoms with Crippen molar-refractivity contribution in [3.63, 3.8) is 0 Å². The zero-order valence-electron chi connectivity index (χ0n) is 11.9. The molecule has 4 nitrogen and oxygen atoms in total. The summed E-state index contributed by atoms with van der Waals surface area (Å²) in [6.45, 7) is 0.921. The van der Waals surface area contributed by atoms with Crippen molar-refractivity contribution in [2.24, 2.45) is 0 Å². The molecule has 120 valence electrons. The van der Waals surface area contributed by atoms with Gasteiger partial charge in [-0.15, -0.1) is 0 Å². The van der Waals surface area contributed by atoms with Crippen LogP contribution in [0.3, 0.4) is 0 Å². The van der Waals surface area contributed by atoms with E-state index >= 15 is 0 Å². The summed E-state index contributed by atoms with van der Waals surface area (Å²) in [6.07, 6.45) is 0.00798. The molecule has 1 aliphatic heterocycles. The molecule has 2 aromatic rings. The number of carbonyl (C=O) groups excluding carboxylic acids is 1. The van der Waals surface area contributed by atoms with Crippen LogP contribution < -0.4 is 14.8 Å². The third-order valence-electron chi connectivity index (χ3n) is 3.27. The molecule has 1 N–H and O–H groups in total. The first kappa shape index (κ1) is 15.7. The van der Waals surface area contributed by atoms with E-state index in [-0.39, 0.29) is 12.1 Å². The molecule has 1 amide bonds. The predicted molar refractivity (Wildman–Crippen MR) is 83.8 cm³/mol. The fourth-order valence-electron chi connectivity index (χ4n) is 2.20. The van der Waals surface area contributed by atoms with E-state index in [0.29, 0.717) is 34.7 Å². The Labute approximate surface area is 139 Å². The van der Waals surface area contributed by atoms with Gasteiger partial charge in [0.1, 0.15) is 24.8 Å². The Bertz CT molecular complexity index is 767. The smallest absolute Gasteiger partial charge is 0.228 e. The molecule has 0 unspecified atom stereocenters. The molecule has 0 aliphatic carbocycles. The highest BCUT2D eigenvalue weighted by molar-refractivity contribution is 9.10. The molecule has 7 heteroatoms. The molecule has 2 aromatic carbocycles. The number of fused-ring (bicyclic) bond motifs is 1. The van der Waals surface area contributed by atoms with E-state index in [2.05, 4.69) is 21.2 Å². The standard InChI is InChI=1S/C16H12BrF2NO3/c17-11-8-15-14(22-3-4-23-15)5-9(11)6-16(21)20-13-2-1-10(18)7-12(13)19/h1-2,5,7-8H,3-4,6H2,(H,20,21). The average Bonchev–Trinajstić information content (AvgIpc) is 2.51. The molecule has 0 saturated carbocycles. The fourth-order valence-corrected chi connectivity index (χ4v) is 2.66. The molecule has 0 bridgehead atoms. The van der Waals surface area contributed by atoms with Gasteiger partial charge in [0.2, 0.25) is 5.91 Å². The average molecular weight is 384 g/mol. The van der Waals surface area contributed by atoms with Crippen LogP contribution >= 0.6 is 15.9 Å². The number of hydrogen-bond donors (Lipinski definition) is 1. The zero-order valence-corrected chi connectivity index (χ0v) is 13.5. The first-order valence-electron chi connectivity index (χ1n) is 6.86. The van der Waals surface area contributed by atoms with Gasteiger partial charge >= 0.3 is 0 Å². The van der Waals surface area contributed by atoms with Crippen LogP contribution in [0.2, 0.25) is 0 Å². The molecule has 23 heavy (non-hydrogen) atoms. The molecule has 1 aliphatic rings. The van der Waals surface area contributed by atoms with E-state index in [9.17, 15) is 13.6 Å². The van der Waals surface area contributed by atoms with Crippen LogP contribution in [0.25, 0.3) is 0 Å². The molecule has 0 fully saturated rings. The van der Waals surface area contributed by atoms with Crippen molar-refractivity contribution >= 4 is 27.5 Å². The Hall–Kier alpha value is -2.15. The number of ether oxygens (including phenoxy) is 2. The molecule has 0 radical (unpaired) electrons. The van der Waals surface area contributed by atoms with Gasteiger partial charge in [0.25, 0.3) is 0 Å². The number of hydrogen-bond acceptors (Lipinski definition) is 3. The SMILES string of the molecule is O=C(Cc1cc2c(cc1Br)OCCO2)Nc1ccc(F)cc1F. The van der Waals surface area contributed by atoms with Crippen LogP contribution in [0.4, 0.5) is 14.5 Å². The molecule has 0 atom stereocenters. The summed E-state index contributed by atoms with van der Waals surface area (Å²) in [7, 11) is 0. The van der Waals surface area contributed by atoms with E-state index in [1.807, 2.05) is 0 Å². The highest BCUT2D eigenvalue weighted by atomic mass is 79.9. The van der Waals surface area contributed by atoms with Gasteiger partial charge in [0.15, 0.2) is 11.5 Å². The van der Waals surface area contributed by atoms with Gasteiger partial charge in [-0.1, -0.05) is 15.9 Å². The topological polar surface area (TPSA) is 47.6 Å². The minimum absolute atomic E-state index is 0.00798. The lowest BCUT2D eigenvalue weighted by Crippen LogP contribution is -2.18. The molecular weight excluding hydrogens is 372 g/mol. The second-order valence-electron chi connectivity index (χ2n) is 4.94. The van der Waals surface area contributed by atoms with Gasteiger partial charge in [0.05, 0.1) is 12.1 Å². The zero-order chi connectivity index (χ0) is 16.4. The van der Waals surface area contributed by atoms with Crippen LogP contribution in [-0.4, -0.2) is 19.1 Å². The first-order valence-corrected chi connectivity index (χ1v) is 7.65. The summed E-state index contributed by atoms with van der Waals surface area (Å²) in [5.41, 5.74) is 0.610. The monoisotopic (exact) mass is 383 g/mol. The molecule has 0 aromatic heterocycles. The normalized spacial score (nSPS) is 12.8. The minimum Gasteiger partial charge on any atom is -0.486 e. The highest BCUT2D eigenvalue weighted by Crippen LogP contribution is 2.35. The summed E-state index contributed by atoms with van der Waals surface area (Å²) < 4.78 is 38.0. The Kier molecular flexibility index (Phi) is 4.47. The summed E-state index contributed by atoms with van der Waals surface area (Å²) in [5, 5.41) is 2.42. The quantitative estimate of drug-likeness (QED) is 0.879. The number of halogens is 3. The second-order valence-corrected chi connectivity index (χ2v) is 5.79. The van der Waals surface area contributed by atoms with Crippen molar-refractivity contribution in [3.05, 3.63) is 52.0 Å². The van der Waals surface area contributed by atoms with Crippen molar-refractivity contribution < 1.29 is 23.0 Å². The lowest BCUT2D eigenvalue weighted by molar-refractivity contribution is -0.115. The van der Waals surface area contributed by atoms with Crippen molar-refractivity contribution in [1.29, 1.82) is 0 Å². The van der Waals surface area contributed by atoms with Gasteiger partial charge in [-0.2, -0.15) is 0 Å². The Morgan fingerprint density at radius 3 is 2.52 bits per heavy atom. The maximum atomic E-state index is 13.6. The molecule has 0 saturated heterocycles. The van der Waals surface area contributed by atoms with Crippen LogP contribution in [0.1, 0.15) is 5.56 Å². The lowest BCUT2D eigenvalue weighted by Gasteiger charge is -2.19. The minimum atomic E-state index is -0.820. The van der Waals surface area contributed by atoms with Crippen LogP contribution in [-0.2, 0) is 11.2 Å². The summed E-state index contributed by atoms with van der Waals surface area (Å²) in [6, 6.07) is 6.42. The first-order chi connectivity index (χ1) is 11.0. The van der Waals surface area contributed by atoms with E-state index in [1.54, 1.807) is 12.1 Å². The van der Waals surface area contributed by atoms with Gasteiger partial charge in [-0.05, 0) is 29.8 Å². The third-order valence-corrected chi connectivity index (χ3v) is 4.01. The van der Waals surface area contributed by atoms with E-state index < -0.39 is 17.5 Å². The summed E-state index contributed by atoms with van der Waals surface area (Å²) >= 11 is 3.37. The molecule has 0 spiro atoms. The second kappa shape index (κ2) is 6.54. The maximum Gasteiger partial charge on any atom is 0.228 e. The number of rotatable bonds is 3. The van der Waals surface area contributed by atoms with Crippen molar-refractivity contribution in [3.8, 4) is 11.5 Å². The Balaban J connectivity index is 1.75. The largest absolute Gasteiger partial charge is 0.486 e. The van der Waals surface area contributed by atoms with Gasteiger partial charge < -0.3 is 14.8 Å². The summed E-state index contributed by atoms with van der Waals surface area (Å²) in [5.74, 6) is -0.769. The van der Waals surface area contributed by atoms with Crippen LogP contribution in [0, 0.1) is 11.6 Å². The van der Waals surface area contributed by atoms with E-state index in [1.165, 1.54) is 6.07 Å².